The number of amides is 1. The molecule has 2 aliphatic heterocycles. The van der Waals surface area contributed by atoms with Crippen molar-refractivity contribution in [2.45, 2.75) is 26.1 Å². The molecule has 0 radical (unpaired) electrons. The van der Waals surface area contributed by atoms with Crippen molar-refractivity contribution < 1.29 is 14.3 Å². The van der Waals surface area contributed by atoms with E-state index in [1.807, 2.05) is 30.9 Å². The largest absolute Gasteiger partial charge is 0.497 e. The number of ether oxygens (including phenoxy) is 2. The normalized spacial score (nSPS) is 25.1. The Hall–Kier alpha value is -1.79. The first-order valence-electron chi connectivity index (χ1n) is 9.09. The average Bonchev–Trinajstić information content (AvgIpc) is 2.61. The molecule has 2 saturated heterocycles. The first-order valence-corrected chi connectivity index (χ1v) is 9.09. The summed E-state index contributed by atoms with van der Waals surface area (Å²) in [6, 6.07) is 8.17. The molecule has 2 heterocycles. The number of benzene rings is 1. The number of rotatable bonds is 4. The van der Waals surface area contributed by atoms with E-state index in [0.29, 0.717) is 19.6 Å². The van der Waals surface area contributed by atoms with Gasteiger partial charge in [0.25, 0.3) is 0 Å². The molecule has 2 fully saturated rings. The molecule has 2 unspecified atom stereocenters. The van der Waals surface area contributed by atoms with Crippen LogP contribution in [0.4, 0.5) is 5.69 Å². The molecule has 1 aromatic carbocycles. The molecular weight excluding hydrogens is 318 g/mol. The molecule has 1 aromatic rings. The number of hydrogen-bond acceptors (Lipinski definition) is 5. The monoisotopic (exact) mass is 347 g/mol. The van der Waals surface area contributed by atoms with E-state index in [-0.39, 0.29) is 18.1 Å². The van der Waals surface area contributed by atoms with Crippen LogP contribution in [0.5, 0.6) is 5.75 Å². The maximum Gasteiger partial charge on any atom is 0.236 e. The Balaban J connectivity index is 1.48. The third-order valence-corrected chi connectivity index (χ3v) is 4.94. The number of methoxy groups -OCH3 is 1. The van der Waals surface area contributed by atoms with Crippen LogP contribution in [0.1, 0.15) is 13.8 Å². The molecule has 2 atom stereocenters. The highest BCUT2D eigenvalue weighted by atomic mass is 16.5. The Morgan fingerprint density at radius 1 is 1.08 bits per heavy atom. The molecule has 0 aliphatic carbocycles. The molecule has 3 rings (SSSR count). The zero-order valence-electron chi connectivity index (χ0n) is 15.5. The summed E-state index contributed by atoms with van der Waals surface area (Å²) in [5, 5.41) is 0. The molecule has 0 bridgehead atoms. The minimum Gasteiger partial charge on any atom is -0.497 e. The highest BCUT2D eigenvalue weighted by molar-refractivity contribution is 5.78. The molecule has 0 saturated carbocycles. The highest BCUT2D eigenvalue weighted by Crippen LogP contribution is 2.20. The van der Waals surface area contributed by atoms with Gasteiger partial charge in [0.15, 0.2) is 0 Å². The molecule has 138 valence electrons. The summed E-state index contributed by atoms with van der Waals surface area (Å²) < 4.78 is 10.9. The number of carbonyl (C=O) groups is 1. The summed E-state index contributed by atoms with van der Waals surface area (Å²) in [6.45, 7) is 9.68. The van der Waals surface area contributed by atoms with Gasteiger partial charge in [-0.3, -0.25) is 9.69 Å². The standard InChI is InChI=1S/C19H29N3O3/c1-15-12-22(13-16(2)25-15)19(23)14-20-8-10-21(11-9-20)17-4-6-18(24-3)7-5-17/h4-7,15-16H,8-14H2,1-3H3. The van der Waals surface area contributed by atoms with Crippen LogP contribution in [-0.4, -0.2) is 80.8 Å². The fourth-order valence-corrected chi connectivity index (χ4v) is 3.63. The maximum absolute atomic E-state index is 12.6. The van der Waals surface area contributed by atoms with E-state index in [0.717, 1.165) is 31.9 Å². The summed E-state index contributed by atoms with van der Waals surface area (Å²) >= 11 is 0. The Bertz CT molecular complexity index is 560. The van der Waals surface area contributed by atoms with Crippen LogP contribution in [0.2, 0.25) is 0 Å². The van der Waals surface area contributed by atoms with E-state index in [1.54, 1.807) is 7.11 Å². The van der Waals surface area contributed by atoms with E-state index in [1.165, 1.54) is 5.69 Å². The van der Waals surface area contributed by atoms with E-state index < -0.39 is 0 Å². The number of carbonyl (C=O) groups excluding carboxylic acids is 1. The summed E-state index contributed by atoms with van der Waals surface area (Å²) in [4.78, 5) is 19.2. The molecule has 6 nitrogen and oxygen atoms in total. The van der Waals surface area contributed by atoms with Crippen LogP contribution < -0.4 is 9.64 Å². The second kappa shape index (κ2) is 8.06. The van der Waals surface area contributed by atoms with Gasteiger partial charge >= 0.3 is 0 Å². The smallest absolute Gasteiger partial charge is 0.236 e. The van der Waals surface area contributed by atoms with Gasteiger partial charge in [-0.2, -0.15) is 0 Å². The van der Waals surface area contributed by atoms with E-state index >= 15 is 0 Å². The molecule has 6 heteroatoms. The van der Waals surface area contributed by atoms with Crippen molar-refractivity contribution in [2.75, 3.05) is 57.8 Å². The first-order chi connectivity index (χ1) is 12.0. The minimum absolute atomic E-state index is 0.125. The topological polar surface area (TPSA) is 45.2 Å². The fourth-order valence-electron chi connectivity index (χ4n) is 3.63. The lowest BCUT2D eigenvalue weighted by Crippen LogP contribution is -2.53. The molecule has 1 amide bonds. The first kappa shape index (κ1) is 18.0. The summed E-state index contributed by atoms with van der Waals surface area (Å²) in [5.74, 6) is 1.10. The summed E-state index contributed by atoms with van der Waals surface area (Å²) in [5.41, 5.74) is 1.21. The van der Waals surface area contributed by atoms with Crippen LogP contribution in [0.25, 0.3) is 0 Å². The van der Waals surface area contributed by atoms with Gasteiger partial charge in [-0.15, -0.1) is 0 Å². The van der Waals surface area contributed by atoms with Crippen molar-refractivity contribution in [1.82, 2.24) is 9.80 Å². The molecule has 0 N–H and O–H groups in total. The molecular formula is C19H29N3O3. The van der Waals surface area contributed by atoms with Crippen molar-refractivity contribution in [3.05, 3.63) is 24.3 Å². The van der Waals surface area contributed by atoms with E-state index in [2.05, 4.69) is 21.9 Å². The van der Waals surface area contributed by atoms with Crippen molar-refractivity contribution >= 4 is 11.6 Å². The fraction of sp³-hybridized carbons (Fsp3) is 0.632. The Morgan fingerprint density at radius 3 is 2.24 bits per heavy atom. The van der Waals surface area contributed by atoms with Gasteiger partial charge in [0, 0.05) is 45.0 Å². The van der Waals surface area contributed by atoms with Crippen molar-refractivity contribution in [3.8, 4) is 5.75 Å². The van der Waals surface area contributed by atoms with Gasteiger partial charge in [-0.1, -0.05) is 0 Å². The third kappa shape index (κ3) is 4.64. The van der Waals surface area contributed by atoms with Crippen molar-refractivity contribution in [1.29, 1.82) is 0 Å². The maximum atomic E-state index is 12.6. The van der Waals surface area contributed by atoms with Gasteiger partial charge in [0.2, 0.25) is 5.91 Å². The van der Waals surface area contributed by atoms with Gasteiger partial charge in [-0.05, 0) is 38.1 Å². The molecule has 0 aromatic heterocycles. The number of morpholine rings is 1. The van der Waals surface area contributed by atoms with E-state index in [4.69, 9.17) is 9.47 Å². The highest BCUT2D eigenvalue weighted by Gasteiger charge is 2.27. The van der Waals surface area contributed by atoms with Gasteiger partial charge in [-0.25, -0.2) is 0 Å². The third-order valence-electron chi connectivity index (χ3n) is 4.94. The second-order valence-corrected chi connectivity index (χ2v) is 7.02. The SMILES string of the molecule is COc1ccc(N2CCN(CC(=O)N3CC(C)OC(C)C3)CC2)cc1. The predicted octanol–water partition coefficient (Wildman–Crippen LogP) is 1.45. The molecule has 2 aliphatic rings. The number of anilines is 1. The quantitative estimate of drug-likeness (QED) is 0.825. The van der Waals surface area contributed by atoms with Crippen LogP contribution >= 0.6 is 0 Å². The molecule has 0 spiro atoms. The van der Waals surface area contributed by atoms with Crippen molar-refractivity contribution in [2.24, 2.45) is 0 Å². The van der Waals surface area contributed by atoms with Crippen molar-refractivity contribution in [3.63, 3.8) is 0 Å². The van der Waals surface area contributed by atoms with Crippen LogP contribution in [0.15, 0.2) is 24.3 Å². The lowest BCUT2D eigenvalue weighted by Gasteiger charge is -2.39. The predicted molar refractivity (Wildman–Crippen MR) is 98.2 cm³/mol. The van der Waals surface area contributed by atoms with Crippen LogP contribution in [-0.2, 0) is 9.53 Å². The van der Waals surface area contributed by atoms with Crippen LogP contribution in [0.3, 0.4) is 0 Å². The second-order valence-electron chi connectivity index (χ2n) is 7.02. The average molecular weight is 347 g/mol. The van der Waals surface area contributed by atoms with Crippen LogP contribution in [0, 0.1) is 0 Å². The van der Waals surface area contributed by atoms with Gasteiger partial charge < -0.3 is 19.3 Å². The summed E-state index contributed by atoms with van der Waals surface area (Å²) in [6.07, 6.45) is 0.249. The number of hydrogen-bond donors (Lipinski definition) is 0. The number of nitrogens with zero attached hydrogens (tertiary/aromatic N) is 3. The lowest BCUT2D eigenvalue weighted by atomic mass is 10.2. The Kier molecular flexibility index (Phi) is 5.81. The Morgan fingerprint density at radius 2 is 1.68 bits per heavy atom. The van der Waals surface area contributed by atoms with Gasteiger partial charge in [0.05, 0.1) is 25.9 Å². The minimum atomic E-state index is 0.125. The zero-order chi connectivity index (χ0) is 17.8. The number of piperazine rings is 1. The lowest BCUT2D eigenvalue weighted by molar-refractivity contribution is -0.144. The molecule has 25 heavy (non-hydrogen) atoms. The van der Waals surface area contributed by atoms with E-state index in [9.17, 15) is 4.79 Å². The summed E-state index contributed by atoms with van der Waals surface area (Å²) in [7, 11) is 1.68. The zero-order valence-corrected chi connectivity index (χ0v) is 15.5. The van der Waals surface area contributed by atoms with Gasteiger partial charge in [0.1, 0.15) is 5.75 Å². The Labute approximate surface area is 150 Å².